The van der Waals surface area contributed by atoms with Crippen LogP contribution in [0, 0.1) is 5.82 Å². The van der Waals surface area contributed by atoms with Crippen LogP contribution in [0.4, 0.5) is 9.18 Å². The summed E-state index contributed by atoms with van der Waals surface area (Å²) in [6.45, 7) is 3.99. The zero-order valence-electron chi connectivity index (χ0n) is 14.1. The summed E-state index contributed by atoms with van der Waals surface area (Å²) in [5, 5.41) is 2.80. The lowest BCUT2D eigenvalue weighted by molar-refractivity contribution is 0.177. The monoisotopic (exact) mass is 331 g/mol. The fourth-order valence-electron chi connectivity index (χ4n) is 2.20. The van der Waals surface area contributed by atoms with Crippen molar-refractivity contribution in [2.75, 3.05) is 13.6 Å². The molecule has 0 fully saturated rings. The average molecular weight is 331 g/mol. The number of benzene rings is 1. The molecule has 2 aromatic rings. The molecule has 0 radical (unpaired) electrons. The summed E-state index contributed by atoms with van der Waals surface area (Å²) < 4.78 is 19.0. The van der Waals surface area contributed by atoms with Crippen molar-refractivity contribution in [1.82, 2.24) is 15.2 Å². The molecule has 0 bridgehead atoms. The molecular weight excluding hydrogens is 309 g/mol. The lowest BCUT2D eigenvalue weighted by Gasteiger charge is -2.26. The molecule has 0 aliphatic carbocycles. The Morgan fingerprint density at radius 2 is 1.92 bits per heavy atom. The van der Waals surface area contributed by atoms with Crippen molar-refractivity contribution < 1.29 is 13.9 Å². The summed E-state index contributed by atoms with van der Waals surface area (Å²) in [7, 11) is 1.73. The molecule has 0 saturated heterocycles. The maximum atomic E-state index is 13.5. The zero-order valence-corrected chi connectivity index (χ0v) is 14.1. The first-order valence-corrected chi connectivity index (χ1v) is 7.80. The number of para-hydroxylation sites is 1. The molecular formula is C18H22FN3O2. The largest absolute Gasteiger partial charge is 0.486 e. The summed E-state index contributed by atoms with van der Waals surface area (Å²) in [5.41, 5.74) is 0.998. The van der Waals surface area contributed by atoms with Crippen LogP contribution in [0.5, 0.6) is 5.75 Å². The molecule has 1 heterocycles. The zero-order chi connectivity index (χ0) is 17.5. The SMILES string of the molecule is C[C@H](CNC(=O)N(C)[C@H](C)c1ccncc1)Oc1ccccc1F. The van der Waals surface area contributed by atoms with Gasteiger partial charge >= 0.3 is 6.03 Å². The minimum Gasteiger partial charge on any atom is -0.486 e. The number of rotatable bonds is 6. The Morgan fingerprint density at radius 3 is 2.58 bits per heavy atom. The van der Waals surface area contributed by atoms with Crippen LogP contribution < -0.4 is 10.1 Å². The number of carbonyl (C=O) groups excluding carboxylic acids is 1. The van der Waals surface area contributed by atoms with Gasteiger partial charge in [0.05, 0.1) is 12.6 Å². The van der Waals surface area contributed by atoms with E-state index in [4.69, 9.17) is 4.74 Å². The summed E-state index contributed by atoms with van der Waals surface area (Å²) >= 11 is 0. The van der Waals surface area contributed by atoms with E-state index in [1.807, 2.05) is 19.1 Å². The summed E-state index contributed by atoms with van der Waals surface area (Å²) in [6.07, 6.45) is 3.04. The Morgan fingerprint density at radius 1 is 1.25 bits per heavy atom. The Balaban J connectivity index is 1.85. The average Bonchev–Trinajstić information content (AvgIpc) is 2.61. The first-order valence-electron chi connectivity index (χ1n) is 7.80. The number of carbonyl (C=O) groups is 1. The van der Waals surface area contributed by atoms with Gasteiger partial charge in [0.2, 0.25) is 0 Å². The Kier molecular flexibility index (Phi) is 6.12. The fraction of sp³-hybridized carbons (Fsp3) is 0.333. The van der Waals surface area contributed by atoms with Gasteiger partial charge in [0.25, 0.3) is 0 Å². The van der Waals surface area contributed by atoms with E-state index in [0.29, 0.717) is 0 Å². The third-order valence-electron chi connectivity index (χ3n) is 3.80. The maximum absolute atomic E-state index is 13.5. The number of ether oxygens (including phenoxy) is 1. The second-order valence-electron chi connectivity index (χ2n) is 5.61. The number of hydrogen-bond donors (Lipinski definition) is 1. The van der Waals surface area contributed by atoms with Crippen LogP contribution in [-0.2, 0) is 0 Å². The molecule has 24 heavy (non-hydrogen) atoms. The first kappa shape index (κ1) is 17.7. The quantitative estimate of drug-likeness (QED) is 0.883. The third-order valence-corrected chi connectivity index (χ3v) is 3.80. The van der Waals surface area contributed by atoms with Gasteiger partial charge in [-0.1, -0.05) is 12.1 Å². The maximum Gasteiger partial charge on any atom is 0.317 e. The number of halogens is 1. The highest BCUT2D eigenvalue weighted by Gasteiger charge is 2.18. The Labute approximate surface area is 141 Å². The van der Waals surface area contributed by atoms with E-state index in [-0.39, 0.29) is 30.5 Å². The van der Waals surface area contributed by atoms with E-state index < -0.39 is 5.82 Å². The molecule has 0 aliphatic heterocycles. The van der Waals surface area contributed by atoms with Crippen LogP contribution in [0.3, 0.4) is 0 Å². The van der Waals surface area contributed by atoms with Crippen molar-refractivity contribution in [3.63, 3.8) is 0 Å². The lowest BCUT2D eigenvalue weighted by atomic mass is 10.1. The van der Waals surface area contributed by atoms with Gasteiger partial charge in [-0.15, -0.1) is 0 Å². The van der Waals surface area contributed by atoms with Gasteiger partial charge in [0, 0.05) is 19.4 Å². The third kappa shape index (κ3) is 4.68. The Bertz CT molecular complexity index is 666. The molecule has 0 spiro atoms. The smallest absolute Gasteiger partial charge is 0.317 e. The van der Waals surface area contributed by atoms with E-state index in [0.717, 1.165) is 5.56 Å². The summed E-state index contributed by atoms with van der Waals surface area (Å²) in [5.74, 6) is -0.239. The predicted octanol–water partition coefficient (Wildman–Crippen LogP) is 3.39. The van der Waals surface area contributed by atoms with Gasteiger partial charge in [0.1, 0.15) is 6.10 Å². The van der Waals surface area contributed by atoms with Crippen LogP contribution in [0.2, 0.25) is 0 Å². The van der Waals surface area contributed by atoms with Crippen molar-refractivity contribution in [1.29, 1.82) is 0 Å². The van der Waals surface area contributed by atoms with Crippen molar-refractivity contribution >= 4 is 6.03 Å². The number of nitrogens with zero attached hydrogens (tertiary/aromatic N) is 2. The molecule has 2 atom stereocenters. The number of pyridine rings is 1. The van der Waals surface area contributed by atoms with E-state index in [9.17, 15) is 9.18 Å². The first-order chi connectivity index (χ1) is 11.5. The predicted molar refractivity (Wildman–Crippen MR) is 90.3 cm³/mol. The van der Waals surface area contributed by atoms with E-state index >= 15 is 0 Å². The van der Waals surface area contributed by atoms with Crippen LogP contribution >= 0.6 is 0 Å². The highest BCUT2D eigenvalue weighted by molar-refractivity contribution is 5.74. The number of nitrogens with one attached hydrogen (secondary N) is 1. The minimum absolute atomic E-state index is 0.0872. The molecule has 6 heteroatoms. The van der Waals surface area contributed by atoms with Crippen LogP contribution in [0.25, 0.3) is 0 Å². The van der Waals surface area contributed by atoms with Crippen molar-refractivity contribution in [3.8, 4) is 5.75 Å². The molecule has 1 aromatic heterocycles. The fourth-order valence-corrected chi connectivity index (χ4v) is 2.20. The highest BCUT2D eigenvalue weighted by Crippen LogP contribution is 2.18. The van der Waals surface area contributed by atoms with Crippen LogP contribution in [-0.4, -0.2) is 35.6 Å². The lowest BCUT2D eigenvalue weighted by Crippen LogP contribution is -2.42. The molecule has 5 nitrogen and oxygen atoms in total. The summed E-state index contributed by atoms with van der Waals surface area (Å²) in [6, 6.07) is 9.64. The van der Waals surface area contributed by atoms with Gasteiger partial charge < -0.3 is 15.0 Å². The van der Waals surface area contributed by atoms with E-state index in [1.165, 1.54) is 6.07 Å². The molecule has 128 valence electrons. The van der Waals surface area contributed by atoms with Gasteiger partial charge in [-0.2, -0.15) is 0 Å². The van der Waals surface area contributed by atoms with Crippen LogP contribution in [0.15, 0.2) is 48.8 Å². The topological polar surface area (TPSA) is 54.5 Å². The standard InChI is InChI=1S/C18H22FN3O2/c1-13(24-17-7-5-4-6-16(17)19)12-21-18(23)22(3)14(2)15-8-10-20-11-9-15/h4-11,13-14H,12H2,1-3H3,(H,21,23)/t13-,14-/m1/s1. The van der Waals surface area contributed by atoms with Crippen molar-refractivity contribution in [2.24, 2.45) is 0 Å². The highest BCUT2D eigenvalue weighted by atomic mass is 19.1. The summed E-state index contributed by atoms with van der Waals surface area (Å²) in [4.78, 5) is 17.8. The van der Waals surface area contributed by atoms with Crippen molar-refractivity contribution in [3.05, 3.63) is 60.2 Å². The van der Waals surface area contributed by atoms with Gasteiger partial charge in [-0.25, -0.2) is 9.18 Å². The molecule has 0 unspecified atom stereocenters. The van der Waals surface area contributed by atoms with E-state index in [1.54, 1.807) is 49.5 Å². The molecule has 2 rings (SSSR count). The Hall–Kier alpha value is -2.63. The molecule has 2 amide bonds. The second kappa shape index (κ2) is 8.29. The number of urea groups is 1. The van der Waals surface area contributed by atoms with Gasteiger partial charge in [0.15, 0.2) is 11.6 Å². The molecule has 0 saturated carbocycles. The van der Waals surface area contributed by atoms with E-state index in [2.05, 4.69) is 10.3 Å². The van der Waals surface area contributed by atoms with Gasteiger partial charge in [-0.3, -0.25) is 4.98 Å². The number of aromatic nitrogens is 1. The number of amides is 2. The normalized spacial score (nSPS) is 13.0. The van der Waals surface area contributed by atoms with Crippen molar-refractivity contribution in [2.45, 2.75) is 26.0 Å². The minimum atomic E-state index is -0.417. The van der Waals surface area contributed by atoms with Gasteiger partial charge in [-0.05, 0) is 43.7 Å². The number of hydrogen-bond acceptors (Lipinski definition) is 3. The van der Waals surface area contributed by atoms with Crippen LogP contribution in [0.1, 0.15) is 25.5 Å². The second-order valence-corrected chi connectivity index (χ2v) is 5.61. The molecule has 0 aliphatic rings. The molecule has 1 N–H and O–H groups in total. The molecule has 1 aromatic carbocycles.